The second kappa shape index (κ2) is 40.8. The number of carbonyl (C=O) groups is 3. The van der Waals surface area contributed by atoms with Crippen molar-refractivity contribution in [2.45, 2.75) is 119 Å². The van der Waals surface area contributed by atoms with Crippen LogP contribution in [0.4, 0.5) is 60.5 Å². The molecule has 42 heteroatoms. The van der Waals surface area contributed by atoms with Gasteiger partial charge in [0.15, 0.2) is 34.9 Å². The van der Waals surface area contributed by atoms with Crippen molar-refractivity contribution in [2.24, 2.45) is 0 Å². The first kappa shape index (κ1) is 103. The number of anilines is 6. The van der Waals surface area contributed by atoms with Crippen molar-refractivity contribution in [3.63, 3.8) is 0 Å². The zero-order valence-electron chi connectivity index (χ0n) is 75.8. The lowest BCUT2D eigenvalue weighted by molar-refractivity contribution is -0.129. The van der Waals surface area contributed by atoms with Gasteiger partial charge in [0.2, 0.25) is 17.7 Å². The van der Waals surface area contributed by atoms with E-state index in [0.717, 1.165) is 0 Å². The Morgan fingerprint density at radius 1 is 0.399 bits per heavy atom. The molecule has 15 rings (SSSR count). The smallest absolute Gasteiger partial charge is 0.276 e. The van der Waals surface area contributed by atoms with Gasteiger partial charge in [-0.25, -0.2) is 41.3 Å². The lowest BCUT2D eigenvalue weighted by Gasteiger charge is -2.41. The third-order valence-electron chi connectivity index (χ3n) is 24.2. The van der Waals surface area contributed by atoms with E-state index in [1.54, 1.807) is 72.3 Å². The zero-order valence-corrected chi connectivity index (χ0v) is 82.6. The Hall–Kier alpha value is -12.7. The molecule has 3 fully saturated rings. The fourth-order valence-electron chi connectivity index (χ4n) is 17.6. The molecule has 714 valence electrons. The second-order valence-electron chi connectivity index (χ2n) is 33.8. The number of rotatable bonds is 15. The van der Waals surface area contributed by atoms with Crippen LogP contribution in [0, 0.1) is 89.7 Å². The fourth-order valence-corrected chi connectivity index (χ4v) is 19.6. The number of amides is 3. The fraction of sp³-hybridized carbons (Fsp3) is 0.281. The number of carbonyl (C=O) groups excluding carboxylic acids is 3. The van der Waals surface area contributed by atoms with E-state index < -0.39 is 98.8 Å². The van der Waals surface area contributed by atoms with E-state index in [-0.39, 0.29) is 192 Å². The van der Waals surface area contributed by atoms with E-state index in [1.807, 2.05) is 77.0 Å². The van der Waals surface area contributed by atoms with Crippen molar-refractivity contribution in [2.75, 3.05) is 90.8 Å². The molecule has 3 atom stereocenters. The van der Waals surface area contributed by atoms with Gasteiger partial charge < -0.3 is 46.6 Å². The number of hydrogen-bond donors (Lipinski definition) is 3. The number of aryl methyl sites for hydroxylation is 3. The third-order valence-corrected chi connectivity index (χ3v) is 27.4. The summed E-state index contributed by atoms with van der Waals surface area (Å²) in [6.45, 7) is 35.6. The van der Waals surface area contributed by atoms with Gasteiger partial charge in [-0.15, -0.1) is 0 Å². The Morgan fingerprint density at radius 3 is 0.899 bits per heavy atom. The highest BCUT2D eigenvalue weighted by molar-refractivity contribution is 6.46. The molecule has 6 N–H and O–H groups in total. The van der Waals surface area contributed by atoms with Crippen molar-refractivity contribution in [3.8, 4) is 69.0 Å². The summed E-state index contributed by atoms with van der Waals surface area (Å²) in [7, 11) is 0. The number of benzene rings is 3. The average molecular weight is 2060 g/mol. The van der Waals surface area contributed by atoms with Crippen LogP contribution in [0.15, 0.2) is 107 Å². The standard InChI is InChI=1S/3C32H28Cl3F2N7O2/c1-6-20(45)43-10-9-42(13-16(43)5)30-17-11-19(33)28(21-22(34)24(36)25(37)23(35)26(21)39)41-31(17)44(32(46)18(30)12-38)29-15(4)7-8-40-27(29)14(2)3;2*1-6-20(45)43-10-9-42(13-16(43)5)30-17-11-19(33)28(21-22(34)23(35)24(36)25(37)26(21)39)41-31(17)44(32(46)18(30)12-38)29-15(4)7-8-40-27(29)14(2)3/h3*6-8,11,14,16H,1,9-10,13,39H2,2-5H3/t3*16-/m111/s1. The molecule has 3 aliphatic heterocycles. The van der Waals surface area contributed by atoms with E-state index in [1.165, 1.54) is 50.1 Å². The van der Waals surface area contributed by atoms with Crippen LogP contribution in [0.1, 0.15) is 131 Å². The van der Waals surface area contributed by atoms with Crippen LogP contribution in [0.2, 0.25) is 45.2 Å². The summed E-state index contributed by atoms with van der Waals surface area (Å²) in [4.78, 5) is 119. The van der Waals surface area contributed by atoms with Gasteiger partial charge in [0.1, 0.15) is 56.9 Å². The van der Waals surface area contributed by atoms with Gasteiger partial charge >= 0.3 is 0 Å². The minimum absolute atomic E-state index is 0.0324. The first-order valence-electron chi connectivity index (χ1n) is 42.6. The predicted octanol–water partition coefficient (Wildman–Crippen LogP) is 20.4. The number of nitrogens with zero attached hydrogens (tertiary/aromatic N) is 18. The molecule has 0 saturated carbocycles. The number of aromatic nitrogens is 9. The van der Waals surface area contributed by atoms with Crippen LogP contribution in [0.3, 0.4) is 0 Å². The molecule has 3 saturated heterocycles. The maximum atomic E-state index is 14.9. The highest BCUT2D eigenvalue weighted by Gasteiger charge is 2.40. The maximum Gasteiger partial charge on any atom is 0.276 e. The zero-order chi connectivity index (χ0) is 101. The Bertz CT molecular complexity index is 6790. The van der Waals surface area contributed by atoms with Gasteiger partial charge in [-0.2, -0.15) is 15.8 Å². The molecule has 0 spiro atoms. The quantitative estimate of drug-likeness (QED) is 0.0282. The number of halogens is 15. The molecule has 3 amide bonds. The Balaban J connectivity index is 0.000000175. The Morgan fingerprint density at radius 2 is 0.652 bits per heavy atom. The predicted molar refractivity (Wildman–Crippen MR) is 531 cm³/mol. The van der Waals surface area contributed by atoms with E-state index in [0.29, 0.717) is 86.6 Å². The Labute approximate surface area is 831 Å². The minimum Gasteiger partial charge on any atom is -0.397 e. The van der Waals surface area contributed by atoms with Crippen LogP contribution in [0.5, 0.6) is 0 Å². The van der Waals surface area contributed by atoms with Gasteiger partial charge in [0.25, 0.3) is 16.7 Å². The molecular formula is C96H84Cl9F6N21O6. The minimum atomic E-state index is -1.45. The topological polar surface area (TPSA) is 363 Å². The monoisotopic (exact) mass is 2060 g/mol. The normalized spacial score (nSPS) is 15.0. The third kappa shape index (κ3) is 18.0. The Kier molecular flexibility index (Phi) is 30.3. The van der Waals surface area contributed by atoms with Gasteiger partial charge in [-0.05, 0) is 131 Å². The number of nitriles is 3. The van der Waals surface area contributed by atoms with Crippen molar-refractivity contribution < 1.29 is 40.7 Å². The largest absolute Gasteiger partial charge is 0.397 e. The van der Waals surface area contributed by atoms with E-state index >= 15 is 0 Å². The van der Waals surface area contributed by atoms with E-state index in [4.69, 9.17) is 137 Å². The first-order valence-corrected chi connectivity index (χ1v) is 46.0. The molecule has 12 aromatic rings. The van der Waals surface area contributed by atoms with Crippen molar-refractivity contribution >= 4 is 189 Å². The van der Waals surface area contributed by atoms with Crippen LogP contribution in [0.25, 0.3) is 83.9 Å². The number of nitrogen functional groups attached to an aromatic ring is 3. The van der Waals surface area contributed by atoms with Crippen LogP contribution >= 0.6 is 104 Å². The molecule has 138 heavy (non-hydrogen) atoms. The average Bonchev–Trinajstić information content (AvgIpc) is 0.726. The summed E-state index contributed by atoms with van der Waals surface area (Å²) in [5.74, 6) is -9.80. The van der Waals surface area contributed by atoms with Gasteiger partial charge in [-0.1, -0.05) is 166 Å². The summed E-state index contributed by atoms with van der Waals surface area (Å²) in [6, 6.07) is 14.9. The van der Waals surface area contributed by atoms with E-state index in [9.17, 15) is 70.9 Å². The van der Waals surface area contributed by atoms with E-state index in [2.05, 4.69) is 52.9 Å². The first-order chi connectivity index (χ1) is 65.2. The highest BCUT2D eigenvalue weighted by Crippen LogP contribution is 2.51. The van der Waals surface area contributed by atoms with Crippen LogP contribution in [-0.2, 0) is 14.4 Å². The van der Waals surface area contributed by atoms with Crippen LogP contribution < -0.4 is 48.6 Å². The summed E-state index contributed by atoms with van der Waals surface area (Å²) in [6.07, 6.45) is 8.55. The number of hydrogen-bond acceptors (Lipinski definition) is 21. The number of nitrogens with two attached hydrogens (primary N) is 3. The second-order valence-corrected chi connectivity index (χ2v) is 37.3. The number of piperazine rings is 3. The summed E-state index contributed by atoms with van der Waals surface area (Å²) < 4.78 is 91.7. The molecule has 0 radical (unpaired) electrons. The molecular weight excluding hydrogens is 1980 g/mol. The van der Waals surface area contributed by atoms with Gasteiger partial charge in [0, 0.05) is 128 Å². The molecule has 12 heterocycles. The molecule has 0 bridgehead atoms. The SMILES string of the molecule is C=CC(=O)N1CCN(c2c(C#N)c(=O)n(-c3c(C)ccnc3C(C)C)c3nc(-c4c(N)c(Cl)c(F)c(F)c4Cl)c(Cl)cc23)C[C@H]1C.C=CC(=O)N1CCN(c2c(C#N)c(=O)n(-c3c(C)ccnc3C(C)C)c3nc(-c4c(N)c(F)c(F)c(Cl)c4Cl)c(Cl)cc23)C[C@H]1C.C=CC(=O)N1CCN(c2c(C#N)c(=O)n(-c3c(C)ccnc3C(C)C)c3nc(-c4c(N)c(F)c(F)c(Cl)c4Cl)c(Cl)cc23)C[C@H]1C. The van der Waals surface area contributed by atoms with Crippen molar-refractivity contribution in [1.82, 2.24) is 58.3 Å². The summed E-state index contributed by atoms with van der Waals surface area (Å²) in [5, 5.41) is 28.3. The maximum absolute atomic E-state index is 14.9. The lowest BCUT2D eigenvalue weighted by atomic mass is 10.0. The van der Waals surface area contributed by atoms with Crippen molar-refractivity contribution in [3.05, 3.63) is 255 Å². The highest BCUT2D eigenvalue weighted by atomic mass is 35.5. The van der Waals surface area contributed by atoms with Crippen molar-refractivity contribution in [1.29, 1.82) is 15.8 Å². The lowest BCUT2D eigenvalue weighted by Crippen LogP contribution is -2.54. The summed E-state index contributed by atoms with van der Waals surface area (Å²) in [5.41, 5.74) is 18.2. The molecule has 27 nitrogen and oxygen atoms in total. The molecule has 0 unspecified atom stereocenters. The molecule has 9 aromatic heterocycles. The van der Waals surface area contributed by atoms with Gasteiger partial charge in [0.05, 0.1) is 126 Å². The van der Waals surface area contributed by atoms with Crippen LogP contribution in [-0.4, -0.2) is 153 Å². The van der Waals surface area contributed by atoms with Gasteiger partial charge in [-0.3, -0.25) is 57.4 Å². The molecule has 3 aliphatic rings. The summed E-state index contributed by atoms with van der Waals surface area (Å²) >= 11 is 57.5. The number of pyridine rings is 9. The number of fused-ring (bicyclic) bond motifs is 3. The molecule has 3 aromatic carbocycles. The molecule has 0 aliphatic carbocycles.